The average Bonchev–Trinajstić information content (AvgIpc) is 2.58. The molecule has 0 saturated heterocycles. The molecule has 3 heteroatoms. The van der Waals surface area contributed by atoms with Crippen molar-refractivity contribution >= 4 is 11.7 Å². The van der Waals surface area contributed by atoms with E-state index in [4.69, 9.17) is 9.73 Å². The minimum Gasteiger partial charge on any atom is -0.454 e. The van der Waals surface area contributed by atoms with Crippen LogP contribution in [0.3, 0.4) is 0 Å². The number of hydrogen-bond donors (Lipinski definition) is 0. The number of hydrogen-bond acceptors (Lipinski definition) is 3. The van der Waals surface area contributed by atoms with E-state index in [0.29, 0.717) is 5.92 Å². The van der Waals surface area contributed by atoms with Gasteiger partial charge < -0.3 is 4.74 Å². The molecule has 0 amide bonds. The van der Waals surface area contributed by atoms with Crippen LogP contribution in [0.4, 0.5) is 0 Å². The maximum atomic E-state index is 11.8. The second-order valence-electron chi connectivity index (χ2n) is 6.49. The van der Waals surface area contributed by atoms with E-state index in [2.05, 4.69) is 20.8 Å². The second-order valence-corrected chi connectivity index (χ2v) is 6.49. The number of rotatable bonds is 1. The standard InChI is InChI=1S/C14H21NO2/c1-5-9-12(16)17-10-8-6-7-14(4,11(10)15-9)13(8,2)3/h8-10H,5-7H2,1-4H3/t8-,9-,10-,14+/m1/s1. The van der Waals surface area contributed by atoms with Crippen molar-refractivity contribution in [3.8, 4) is 0 Å². The van der Waals surface area contributed by atoms with Crippen LogP contribution in [0.5, 0.6) is 0 Å². The zero-order chi connectivity index (χ0) is 12.4. The summed E-state index contributed by atoms with van der Waals surface area (Å²) >= 11 is 0. The first kappa shape index (κ1) is 11.2. The van der Waals surface area contributed by atoms with Crippen LogP contribution in [0.25, 0.3) is 0 Å². The third kappa shape index (κ3) is 1.13. The Balaban J connectivity index is 2.09. The summed E-state index contributed by atoms with van der Waals surface area (Å²) in [7, 11) is 0. The summed E-state index contributed by atoms with van der Waals surface area (Å²) in [5, 5.41) is 0. The lowest BCUT2D eigenvalue weighted by Crippen LogP contribution is -2.44. The highest BCUT2D eigenvalue weighted by atomic mass is 16.5. The third-order valence-corrected chi connectivity index (χ3v) is 5.70. The Hall–Kier alpha value is -0.860. The fourth-order valence-corrected chi connectivity index (χ4v) is 4.06. The van der Waals surface area contributed by atoms with Gasteiger partial charge in [0.05, 0.1) is 5.71 Å². The van der Waals surface area contributed by atoms with Crippen LogP contribution in [0.2, 0.25) is 0 Å². The molecule has 1 aliphatic heterocycles. The van der Waals surface area contributed by atoms with Gasteiger partial charge in [0.2, 0.25) is 0 Å². The molecule has 1 heterocycles. The number of esters is 1. The van der Waals surface area contributed by atoms with Crippen LogP contribution in [-0.4, -0.2) is 23.8 Å². The lowest BCUT2D eigenvalue weighted by atomic mass is 9.70. The Morgan fingerprint density at radius 1 is 1.41 bits per heavy atom. The summed E-state index contributed by atoms with van der Waals surface area (Å²) in [5.74, 6) is 0.348. The Kier molecular flexibility index (Phi) is 2.06. The van der Waals surface area contributed by atoms with Crippen LogP contribution in [-0.2, 0) is 9.53 Å². The molecule has 4 atom stereocenters. The van der Waals surface area contributed by atoms with Crippen molar-refractivity contribution in [1.29, 1.82) is 0 Å². The van der Waals surface area contributed by atoms with Gasteiger partial charge >= 0.3 is 5.97 Å². The van der Waals surface area contributed by atoms with E-state index in [1.165, 1.54) is 12.1 Å². The molecule has 2 fully saturated rings. The van der Waals surface area contributed by atoms with E-state index in [0.717, 1.165) is 12.8 Å². The summed E-state index contributed by atoms with van der Waals surface area (Å²) in [4.78, 5) is 16.6. The summed E-state index contributed by atoms with van der Waals surface area (Å²) in [6, 6.07) is -0.256. The molecule has 0 aromatic carbocycles. The molecule has 0 spiro atoms. The molecule has 0 N–H and O–H groups in total. The molecule has 0 aromatic rings. The highest BCUT2D eigenvalue weighted by Gasteiger charge is 2.67. The lowest BCUT2D eigenvalue weighted by molar-refractivity contribution is -0.151. The van der Waals surface area contributed by atoms with Gasteiger partial charge in [0.1, 0.15) is 12.1 Å². The number of ether oxygens (including phenoxy) is 1. The SMILES string of the molecule is CC[C@H]1N=C2[C@H](OC1=O)[C@H]1CC[C@]2(C)C1(C)C. The maximum absolute atomic E-state index is 11.8. The second kappa shape index (κ2) is 3.12. The van der Waals surface area contributed by atoms with Crippen LogP contribution >= 0.6 is 0 Å². The number of fused-ring (bicyclic) bond motifs is 5. The lowest BCUT2D eigenvalue weighted by Gasteiger charge is -2.36. The van der Waals surface area contributed by atoms with Gasteiger partial charge in [-0.05, 0) is 24.7 Å². The van der Waals surface area contributed by atoms with Gasteiger partial charge in [-0.25, -0.2) is 4.79 Å². The zero-order valence-electron chi connectivity index (χ0n) is 11.1. The molecule has 2 aliphatic carbocycles. The molecule has 3 rings (SSSR count). The fourth-order valence-electron chi connectivity index (χ4n) is 4.06. The molecule has 0 aromatic heterocycles. The quantitative estimate of drug-likeness (QED) is 0.655. The molecular formula is C14H21NO2. The normalized spacial score (nSPS) is 46.5. The molecule has 94 valence electrons. The van der Waals surface area contributed by atoms with Gasteiger partial charge in [-0.3, -0.25) is 4.99 Å². The molecule has 17 heavy (non-hydrogen) atoms. The molecule has 2 bridgehead atoms. The van der Waals surface area contributed by atoms with Crippen molar-refractivity contribution in [3.05, 3.63) is 0 Å². The van der Waals surface area contributed by atoms with Crippen molar-refractivity contribution in [2.45, 2.75) is 59.1 Å². The monoisotopic (exact) mass is 235 g/mol. The molecule has 0 unspecified atom stereocenters. The Labute approximate surface area is 103 Å². The van der Waals surface area contributed by atoms with Crippen LogP contribution in [0.1, 0.15) is 47.0 Å². The minimum absolute atomic E-state index is 0.0287. The highest BCUT2D eigenvalue weighted by Crippen LogP contribution is 2.65. The van der Waals surface area contributed by atoms with Crippen LogP contribution in [0.15, 0.2) is 4.99 Å². The van der Waals surface area contributed by atoms with Crippen LogP contribution in [0, 0.1) is 16.7 Å². The Morgan fingerprint density at radius 3 is 2.76 bits per heavy atom. The summed E-state index contributed by atoms with van der Waals surface area (Å²) in [6.45, 7) is 8.91. The molecule has 0 radical (unpaired) electrons. The number of nitrogens with zero attached hydrogens (tertiary/aromatic N) is 1. The van der Waals surface area contributed by atoms with Gasteiger partial charge in [-0.15, -0.1) is 0 Å². The zero-order valence-corrected chi connectivity index (χ0v) is 11.1. The largest absolute Gasteiger partial charge is 0.454 e. The van der Waals surface area contributed by atoms with Crippen molar-refractivity contribution in [2.24, 2.45) is 21.7 Å². The first-order valence-corrected chi connectivity index (χ1v) is 6.70. The number of carbonyl (C=O) groups excluding carboxylic acids is 1. The summed E-state index contributed by atoms with van der Waals surface area (Å²) in [5.41, 5.74) is 1.51. The molecular weight excluding hydrogens is 214 g/mol. The number of carbonyl (C=O) groups is 1. The molecule has 2 saturated carbocycles. The minimum atomic E-state index is -0.256. The van der Waals surface area contributed by atoms with Gasteiger partial charge in [0, 0.05) is 11.3 Å². The predicted molar refractivity (Wildman–Crippen MR) is 66.0 cm³/mol. The van der Waals surface area contributed by atoms with E-state index in [9.17, 15) is 4.79 Å². The van der Waals surface area contributed by atoms with E-state index < -0.39 is 0 Å². The number of aliphatic imine (C=N–C) groups is 1. The van der Waals surface area contributed by atoms with Crippen molar-refractivity contribution < 1.29 is 9.53 Å². The Morgan fingerprint density at radius 2 is 2.12 bits per heavy atom. The van der Waals surface area contributed by atoms with Crippen molar-refractivity contribution in [3.63, 3.8) is 0 Å². The van der Waals surface area contributed by atoms with Gasteiger partial charge in [0.15, 0.2) is 0 Å². The van der Waals surface area contributed by atoms with Gasteiger partial charge in [-0.2, -0.15) is 0 Å². The molecule has 3 nitrogen and oxygen atoms in total. The van der Waals surface area contributed by atoms with E-state index in [-0.39, 0.29) is 28.9 Å². The van der Waals surface area contributed by atoms with Crippen LogP contribution < -0.4 is 0 Å². The fraction of sp³-hybridized carbons (Fsp3) is 0.857. The maximum Gasteiger partial charge on any atom is 0.331 e. The average molecular weight is 235 g/mol. The predicted octanol–water partition coefficient (Wildman–Crippen LogP) is 2.59. The first-order valence-electron chi connectivity index (χ1n) is 6.70. The van der Waals surface area contributed by atoms with Crippen molar-refractivity contribution in [1.82, 2.24) is 0 Å². The van der Waals surface area contributed by atoms with Gasteiger partial charge in [-0.1, -0.05) is 27.7 Å². The van der Waals surface area contributed by atoms with E-state index >= 15 is 0 Å². The van der Waals surface area contributed by atoms with Crippen molar-refractivity contribution in [2.75, 3.05) is 0 Å². The Bertz CT molecular complexity index is 412. The summed E-state index contributed by atoms with van der Waals surface area (Å²) in [6.07, 6.45) is 3.07. The first-order chi connectivity index (χ1) is 7.91. The topological polar surface area (TPSA) is 38.7 Å². The molecule has 3 aliphatic rings. The van der Waals surface area contributed by atoms with E-state index in [1.807, 2.05) is 6.92 Å². The van der Waals surface area contributed by atoms with Gasteiger partial charge in [0.25, 0.3) is 0 Å². The van der Waals surface area contributed by atoms with E-state index in [1.54, 1.807) is 0 Å². The summed E-state index contributed by atoms with van der Waals surface area (Å²) < 4.78 is 5.68. The smallest absolute Gasteiger partial charge is 0.331 e. The highest BCUT2D eigenvalue weighted by molar-refractivity contribution is 6.02. The third-order valence-electron chi connectivity index (χ3n) is 5.70.